The summed E-state index contributed by atoms with van der Waals surface area (Å²) in [4.78, 5) is 66.7. The summed E-state index contributed by atoms with van der Waals surface area (Å²) in [6.07, 6.45) is 0.930. The predicted octanol–water partition coefficient (Wildman–Crippen LogP) is 2.06. The van der Waals surface area contributed by atoms with E-state index in [0.717, 1.165) is 11.0 Å². The average Bonchev–Trinajstić information content (AvgIpc) is 2.85. The minimum Gasteiger partial charge on any atom is -0.494 e. The minimum absolute atomic E-state index is 0.0280. The molecule has 0 aromatic heterocycles. The number of urea groups is 1. The Hall–Kier alpha value is -4.58. The van der Waals surface area contributed by atoms with Gasteiger partial charge in [0.1, 0.15) is 23.0 Å². The molecule has 1 atom stereocenters. The van der Waals surface area contributed by atoms with Gasteiger partial charge in [0.15, 0.2) is 5.11 Å². The highest BCUT2D eigenvalue weighted by atomic mass is 32.1. The van der Waals surface area contributed by atoms with Gasteiger partial charge >= 0.3 is 6.03 Å². The number of benzene rings is 2. The van der Waals surface area contributed by atoms with Crippen molar-refractivity contribution in [3.63, 3.8) is 0 Å². The Morgan fingerprint density at radius 3 is 2.30 bits per heavy atom. The van der Waals surface area contributed by atoms with Crippen LogP contribution in [0.5, 0.6) is 11.5 Å². The van der Waals surface area contributed by atoms with Gasteiger partial charge in [0, 0.05) is 6.07 Å². The first-order chi connectivity index (χ1) is 17.8. The molecule has 2 aliphatic rings. The van der Waals surface area contributed by atoms with Gasteiger partial charge < -0.3 is 14.8 Å². The molecule has 2 N–H and O–H groups in total. The second kappa shape index (κ2) is 10.6. The Balaban J connectivity index is 1.74. The maximum absolute atomic E-state index is 13.5. The lowest BCUT2D eigenvalue weighted by Gasteiger charge is -2.32. The fraction of sp³-hybridized carbons (Fsp3) is 0.200. The van der Waals surface area contributed by atoms with Crippen LogP contribution in [0.25, 0.3) is 0 Å². The molecule has 190 valence electrons. The number of amides is 6. The molecule has 0 radical (unpaired) electrons. The zero-order valence-electron chi connectivity index (χ0n) is 19.8. The number of carbonyl (C=O) groups excluding carboxylic acids is 5. The topological polar surface area (TPSA) is 134 Å². The SMILES string of the molecule is CCOc1ccc(OCC)c(N2C(=O)NC(=O)/C(=C\[C@@H]3C(=O)NC(=S)N(c4ccccc4)C3=O)C2=O)c1. The van der Waals surface area contributed by atoms with Crippen LogP contribution in [-0.4, -0.2) is 48.0 Å². The number of hydrogen-bond donors (Lipinski definition) is 2. The van der Waals surface area contributed by atoms with E-state index in [0.29, 0.717) is 22.9 Å². The third kappa shape index (κ3) is 4.91. The van der Waals surface area contributed by atoms with Crippen molar-refractivity contribution in [1.82, 2.24) is 10.6 Å². The van der Waals surface area contributed by atoms with Crippen LogP contribution < -0.4 is 29.9 Å². The van der Waals surface area contributed by atoms with Crippen molar-refractivity contribution in [2.24, 2.45) is 5.92 Å². The summed E-state index contributed by atoms with van der Waals surface area (Å²) in [6, 6.07) is 11.9. The monoisotopic (exact) mass is 522 g/mol. The van der Waals surface area contributed by atoms with Crippen LogP contribution in [0.1, 0.15) is 13.8 Å². The first-order valence-corrected chi connectivity index (χ1v) is 11.7. The van der Waals surface area contributed by atoms with Crippen LogP contribution in [0.15, 0.2) is 60.2 Å². The molecular formula is C25H22N4O7S. The van der Waals surface area contributed by atoms with E-state index in [2.05, 4.69) is 10.6 Å². The molecule has 0 aliphatic carbocycles. The maximum atomic E-state index is 13.5. The molecule has 2 aromatic carbocycles. The van der Waals surface area contributed by atoms with E-state index in [4.69, 9.17) is 21.7 Å². The van der Waals surface area contributed by atoms with Crippen molar-refractivity contribution in [2.75, 3.05) is 23.0 Å². The number of carbonyl (C=O) groups is 5. The lowest BCUT2D eigenvalue weighted by molar-refractivity contribution is -0.131. The Morgan fingerprint density at radius 1 is 0.919 bits per heavy atom. The number of thiocarbonyl (C=S) groups is 1. The van der Waals surface area contributed by atoms with Gasteiger partial charge in [-0.25, -0.2) is 9.69 Å². The molecule has 6 amide bonds. The largest absolute Gasteiger partial charge is 0.494 e. The van der Waals surface area contributed by atoms with Gasteiger partial charge in [-0.3, -0.25) is 29.4 Å². The molecule has 37 heavy (non-hydrogen) atoms. The lowest BCUT2D eigenvalue weighted by atomic mass is 9.98. The number of nitrogens with zero attached hydrogens (tertiary/aromatic N) is 2. The van der Waals surface area contributed by atoms with E-state index in [-0.39, 0.29) is 23.2 Å². The number of nitrogens with one attached hydrogen (secondary N) is 2. The number of imide groups is 2. The molecule has 4 rings (SSSR count). The Morgan fingerprint density at radius 2 is 1.62 bits per heavy atom. The third-order valence-electron chi connectivity index (χ3n) is 5.43. The molecule has 0 bridgehead atoms. The third-order valence-corrected chi connectivity index (χ3v) is 5.72. The molecule has 2 aromatic rings. The molecule has 12 heteroatoms. The maximum Gasteiger partial charge on any atom is 0.336 e. The predicted molar refractivity (Wildman–Crippen MR) is 136 cm³/mol. The lowest BCUT2D eigenvalue weighted by Crippen LogP contribution is -2.59. The smallest absolute Gasteiger partial charge is 0.336 e. The van der Waals surface area contributed by atoms with E-state index in [9.17, 15) is 24.0 Å². The summed E-state index contributed by atoms with van der Waals surface area (Å²) in [7, 11) is 0. The summed E-state index contributed by atoms with van der Waals surface area (Å²) < 4.78 is 11.0. The number of barbiturate groups is 1. The van der Waals surface area contributed by atoms with Crippen molar-refractivity contribution in [3.8, 4) is 11.5 Å². The fourth-order valence-corrected chi connectivity index (χ4v) is 4.12. The van der Waals surface area contributed by atoms with Crippen LogP contribution in [0.3, 0.4) is 0 Å². The summed E-state index contributed by atoms with van der Waals surface area (Å²) in [5, 5.41) is 4.36. The summed E-state index contributed by atoms with van der Waals surface area (Å²) in [5.74, 6) is -4.67. The number of para-hydroxylation sites is 1. The van der Waals surface area contributed by atoms with Crippen LogP contribution in [0.2, 0.25) is 0 Å². The van der Waals surface area contributed by atoms with Gasteiger partial charge in [0.25, 0.3) is 11.8 Å². The highest BCUT2D eigenvalue weighted by Gasteiger charge is 2.43. The fourth-order valence-electron chi connectivity index (χ4n) is 3.83. The van der Waals surface area contributed by atoms with Gasteiger partial charge in [-0.2, -0.15) is 0 Å². The van der Waals surface area contributed by atoms with Gasteiger partial charge in [0.2, 0.25) is 11.8 Å². The number of rotatable bonds is 7. The number of hydrogen-bond acceptors (Lipinski definition) is 8. The molecule has 2 fully saturated rings. The molecule has 0 unspecified atom stereocenters. The van der Waals surface area contributed by atoms with E-state index < -0.39 is 41.2 Å². The minimum atomic E-state index is -1.56. The molecule has 2 aliphatic heterocycles. The Labute approximate surface area is 217 Å². The second-order valence-electron chi connectivity index (χ2n) is 7.76. The van der Waals surface area contributed by atoms with Crippen LogP contribution in [0.4, 0.5) is 16.2 Å². The van der Waals surface area contributed by atoms with Crippen LogP contribution >= 0.6 is 12.2 Å². The molecule has 11 nitrogen and oxygen atoms in total. The van der Waals surface area contributed by atoms with Crippen LogP contribution in [0, 0.1) is 5.92 Å². The Kier molecular flexibility index (Phi) is 7.30. The number of ether oxygens (including phenoxy) is 2. The van der Waals surface area contributed by atoms with E-state index >= 15 is 0 Å². The van der Waals surface area contributed by atoms with Crippen molar-refractivity contribution in [2.45, 2.75) is 13.8 Å². The van der Waals surface area contributed by atoms with E-state index in [1.165, 1.54) is 12.1 Å². The van der Waals surface area contributed by atoms with Crippen LogP contribution in [-0.2, 0) is 19.2 Å². The van der Waals surface area contributed by atoms with Gasteiger partial charge in [-0.15, -0.1) is 0 Å². The summed E-state index contributed by atoms with van der Waals surface area (Å²) >= 11 is 5.17. The Bertz CT molecular complexity index is 1340. The van der Waals surface area contributed by atoms with Crippen molar-refractivity contribution in [3.05, 3.63) is 60.2 Å². The first kappa shape index (κ1) is 25.5. The van der Waals surface area contributed by atoms with E-state index in [1.807, 2.05) is 0 Å². The van der Waals surface area contributed by atoms with Gasteiger partial charge in [0.05, 0.1) is 24.6 Å². The first-order valence-electron chi connectivity index (χ1n) is 11.3. The molecular weight excluding hydrogens is 500 g/mol. The van der Waals surface area contributed by atoms with Gasteiger partial charge in [-0.1, -0.05) is 18.2 Å². The summed E-state index contributed by atoms with van der Waals surface area (Å²) in [5.41, 5.74) is -0.148. The zero-order valence-corrected chi connectivity index (χ0v) is 20.7. The quantitative estimate of drug-likeness (QED) is 0.244. The highest BCUT2D eigenvalue weighted by molar-refractivity contribution is 7.80. The molecule has 2 heterocycles. The van der Waals surface area contributed by atoms with Crippen molar-refractivity contribution < 1.29 is 33.4 Å². The van der Waals surface area contributed by atoms with Crippen molar-refractivity contribution >= 4 is 58.4 Å². The zero-order chi connectivity index (χ0) is 26.7. The second-order valence-corrected chi connectivity index (χ2v) is 8.14. The van der Waals surface area contributed by atoms with Crippen molar-refractivity contribution in [1.29, 1.82) is 0 Å². The van der Waals surface area contributed by atoms with Gasteiger partial charge in [-0.05, 0) is 56.4 Å². The van der Waals surface area contributed by atoms with E-state index in [1.54, 1.807) is 50.2 Å². The molecule has 2 saturated heterocycles. The average molecular weight is 523 g/mol. The highest BCUT2D eigenvalue weighted by Crippen LogP contribution is 2.35. The summed E-state index contributed by atoms with van der Waals surface area (Å²) in [6.45, 7) is 4.06. The number of anilines is 2. The molecule has 0 saturated carbocycles. The molecule has 0 spiro atoms. The standard InChI is InChI=1S/C25H22N4O7S/c1-3-35-15-10-11-19(36-4-2)18(12-15)29-23(33)16(20(30)26-24(29)34)13-17-21(31)27-25(37)28(22(17)32)14-8-6-5-7-9-14/h5-13,17H,3-4H2,1-2H3,(H,26,30,34)(H,27,31,37)/b16-13+/t17-/m1/s1. The normalized spacial score (nSPS) is 19.2.